The van der Waals surface area contributed by atoms with Gasteiger partial charge in [-0.1, -0.05) is 17.4 Å². The average molecular weight is 351 g/mol. The summed E-state index contributed by atoms with van der Waals surface area (Å²) >= 11 is 1.31. The number of methoxy groups -OCH3 is 2. The summed E-state index contributed by atoms with van der Waals surface area (Å²) < 4.78 is 10.4. The van der Waals surface area contributed by atoms with Gasteiger partial charge < -0.3 is 26.3 Å². The topological polar surface area (TPSA) is 125 Å². The van der Waals surface area contributed by atoms with Gasteiger partial charge in [0.05, 0.1) is 14.2 Å². The van der Waals surface area contributed by atoms with Crippen LogP contribution >= 0.6 is 11.3 Å². The number of hydrogen-bond donors (Lipinski definition) is 3. The number of nitrogens with zero attached hydrogens (tertiary/aromatic N) is 2. The van der Waals surface area contributed by atoms with Crippen molar-refractivity contribution in [3.05, 3.63) is 28.8 Å². The van der Waals surface area contributed by atoms with Gasteiger partial charge in [0, 0.05) is 25.4 Å². The first kappa shape index (κ1) is 18.0. The summed E-state index contributed by atoms with van der Waals surface area (Å²) in [4.78, 5) is 12.0. The average Bonchev–Trinajstić information content (AvgIpc) is 2.99. The molecule has 8 nitrogen and oxygen atoms in total. The van der Waals surface area contributed by atoms with Crippen LogP contribution in [-0.2, 0) is 11.2 Å². The summed E-state index contributed by atoms with van der Waals surface area (Å²) in [5, 5.41) is 11.6. The highest BCUT2D eigenvalue weighted by atomic mass is 32.1. The number of amides is 1. The van der Waals surface area contributed by atoms with Gasteiger partial charge in [0.2, 0.25) is 11.0 Å². The quantitative estimate of drug-likeness (QED) is 0.645. The lowest BCUT2D eigenvalue weighted by atomic mass is 10.0. The summed E-state index contributed by atoms with van der Waals surface area (Å²) in [6, 6.07) is 4.94. The third kappa shape index (κ3) is 4.80. The molecule has 0 spiro atoms. The van der Waals surface area contributed by atoms with Crippen LogP contribution in [0.2, 0.25) is 0 Å². The number of nitrogens with one attached hydrogen (secondary N) is 1. The van der Waals surface area contributed by atoms with Crippen molar-refractivity contribution in [3.8, 4) is 11.5 Å². The van der Waals surface area contributed by atoms with Crippen LogP contribution in [0.25, 0.3) is 0 Å². The van der Waals surface area contributed by atoms with Gasteiger partial charge in [-0.3, -0.25) is 4.79 Å². The molecule has 1 heterocycles. The molecule has 0 bridgehead atoms. The first-order valence-corrected chi connectivity index (χ1v) is 8.17. The molecule has 0 aliphatic heterocycles. The Bertz CT molecular complexity index is 691. The molecule has 1 aromatic heterocycles. The summed E-state index contributed by atoms with van der Waals surface area (Å²) in [5.41, 5.74) is 12.4. The number of aromatic nitrogens is 2. The number of nitrogens with two attached hydrogens (primary N) is 2. The molecule has 5 N–H and O–H groups in total. The molecule has 0 saturated heterocycles. The molecule has 0 fully saturated rings. The first-order chi connectivity index (χ1) is 11.5. The molecule has 1 atom stereocenters. The second-order valence-electron chi connectivity index (χ2n) is 5.06. The summed E-state index contributed by atoms with van der Waals surface area (Å²) in [5.74, 6) is 1.07. The number of anilines is 1. The minimum atomic E-state index is -0.429. The second-order valence-corrected chi connectivity index (χ2v) is 6.15. The number of hydrogen-bond acceptors (Lipinski definition) is 8. The van der Waals surface area contributed by atoms with E-state index < -0.39 is 6.04 Å². The van der Waals surface area contributed by atoms with Gasteiger partial charge in [-0.2, -0.15) is 0 Å². The molecule has 9 heteroatoms. The van der Waals surface area contributed by atoms with Crippen LogP contribution < -0.4 is 26.3 Å². The zero-order valence-corrected chi connectivity index (χ0v) is 14.4. The zero-order chi connectivity index (χ0) is 17.5. The highest BCUT2D eigenvalue weighted by Gasteiger charge is 2.14. The van der Waals surface area contributed by atoms with Gasteiger partial charge >= 0.3 is 0 Å². The van der Waals surface area contributed by atoms with E-state index in [1.54, 1.807) is 26.4 Å². The van der Waals surface area contributed by atoms with E-state index in [2.05, 4.69) is 15.5 Å². The molecule has 1 amide bonds. The minimum absolute atomic E-state index is 0.130. The Kier molecular flexibility index (Phi) is 6.33. The third-order valence-corrected chi connectivity index (χ3v) is 4.20. The van der Waals surface area contributed by atoms with Crippen LogP contribution in [0, 0.1) is 0 Å². The van der Waals surface area contributed by atoms with Gasteiger partial charge in [0.1, 0.15) is 5.01 Å². The Morgan fingerprint density at radius 1 is 1.29 bits per heavy atom. The van der Waals surface area contributed by atoms with Crippen molar-refractivity contribution < 1.29 is 14.3 Å². The SMILES string of the molecule is COc1ccc([C@H](N)CC(=O)NCCc2nnc(N)s2)cc1OC. The van der Waals surface area contributed by atoms with Crippen molar-refractivity contribution in [2.24, 2.45) is 5.73 Å². The number of ether oxygens (including phenoxy) is 2. The van der Waals surface area contributed by atoms with Gasteiger partial charge in [0.15, 0.2) is 11.5 Å². The largest absolute Gasteiger partial charge is 0.493 e. The standard InChI is InChI=1S/C15H21N5O3S/c1-22-11-4-3-9(7-12(11)23-2)10(16)8-13(21)18-6-5-14-19-20-15(17)24-14/h3-4,7,10H,5-6,8,16H2,1-2H3,(H2,17,20)(H,18,21)/t10-/m1/s1. The fourth-order valence-corrected chi connectivity index (χ4v) is 2.76. The van der Waals surface area contributed by atoms with Crippen LogP contribution in [0.15, 0.2) is 18.2 Å². The van der Waals surface area contributed by atoms with Gasteiger partial charge in [-0.15, -0.1) is 10.2 Å². The van der Waals surface area contributed by atoms with Crippen LogP contribution in [0.3, 0.4) is 0 Å². The number of carbonyl (C=O) groups is 1. The summed E-state index contributed by atoms with van der Waals surface area (Å²) in [6.45, 7) is 0.464. The predicted molar refractivity (Wildman–Crippen MR) is 92.1 cm³/mol. The maximum atomic E-state index is 12.0. The fourth-order valence-electron chi connectivity index (χ4n) is 2.15. The highest BCUT2D eigenvalue weighted by molar-refractivity contribution is 7.15. The maximum Gasteiger partial charge on any atom is 0.221 e. The van der Waals surface area contributed by atoms with E-state index in [0.29, 0.717) is 29.6 Å². The maximum absolute atomic E-state index is 12.0. The van der Waals surface area contributed by atoms with Crippen molar-refractivity contribution in [1.82, 2.24) is 15.5 Å². The molecule has 24 heavy (non-hydrogen) atoms. The lowest BCUT2D eigenvalue weighted by Crippen LogP contribution is -2.29. The molecule has 0 radical (unpaired) electrons. The lowest BCUT2D eigenvalue weighted by molar-refractivity contribution is -0.121. The van der Waals surface area contributed by atoms with Crippen LogP contribution in [0.5, 0.6) is 11.5 Å². The van der Waals surface area contributed by atoms with Crippen LogP contribution in [-0.4, -0.2) is 36.9 Å². The van der Waals surface area contributed by atoms with Crippen molar-refractivity contribution in [3.63, 3.8) is 0 Å². The van der Waals surface area contributed by atoms with E-state index in [4.69, 9.17) is 20.9 Å². The van der Waals surface area contributed by atoms with E-state index in [9.17, 15) is 4.79 Å². The molecule has 1 aromatic carbocycles. The van der Waals surface area contributed by atoms with Gasteiger partial charge in [0.25, 0.3) is 0 Å². The molecule has 2 rings (SSSR count). The van der Waals surface area contributed by atoms with Crippen molar-refractivity contribution in [2.75, 3.05) is 26.5 Å². The molecule has 0 unspecified atom stereocenters. The summed E-state index contributed by atoms with van der Waals surface area (Å²) in [6.07, 6.45) is 0.764. The molecule has 2 aromatic rings. The lowest BCUT2D eigenvalue weighted by Gasteiger charge is -2.15. The van der Waals surface area contributed by atoms with Gasteiger partial charge in [-0.25, -0.2) is 0 Å². The fraction of sp³-hybridized carbons (Fsp3) is 0.400. The first-order valence-electron chi connectivity index (χ1n) is 7.35. The molecule has 0 aliphatic carbocycles. The number of nitrogen functional groups attached to an aromatic ring is 1. The number of carbonyl (C=O) groups excluding carboxylic acids is 1. The van der Waals surface area contributed by atoms with Crippen LogP contribution in [0.4, 0.5) is 5.13 Å². The third-order valence-electron chi connectivity index (χ3n) is 3.38. The van der Waals surface area contributed by atoms with E-state index in [-0.39, 0.29) is 12.3 Å². The van der Waals surface area contributed by atoms with Crippen molar-refractivity contribution in [1.29, 1.82) is 0 Å². The molecule has 130 valence electrons. The smallest absolute Gasteiger partial charge is 0.221 e. The molecular formula is C15H21N5O3S. The summed E-state index contributed by atoms with van der Waals surface area (Å²) in [7, 11) is 3.12. The Morgan fingerprint density at radius 3 is 2.67 bits per heavy atom. The van der Waals surface area contributed by atoms with Gasteiger partial charge in [-0.05, 0) is 17.7 Å². The molecule has 0 saturated carbocycles. The molecule has 0 aliphatic rings. The molecular weight excluding hydrogens is 330 g/mol. The van der Waals surface area contributed by atoms with E-state index in [1.807, 2.05) is 6.07 Å². The zero-order valence-electron chi connectivity index (χ0n) is 13.6. The Balaban J connectivity index is 1.84. The minimum Gasteiger partial charge on any atom is -0.493 e. The van der Waals surface area contributed by atoms with Crippen molar-refractivity contribution >= 4 is 22.4 Å². The van der Waals surface area contributed by atoms with Crippen LogP contribution in [0.1, 0.15) is 23.0 Å². The monoisotopic (exact) mass is 351 g/mol. The number of rotatable bonds is 8. The van der Waals surface area contributed by atoms with E-state index in [1.165, 1.54) is 11.3 Å². The Hall–Kier alpha value is -2.39. The highest BCUT2D eigenvalue weighted by Crippen LogP contribution is 2.30. The number of benzene rings is 1. The second kappa shape index (κ2) is 8.46. The van der Waals surface area contributed by atoms with E-state index in [0.717, 1.165) is 10.6 Å². The predicted octanol–water partition coefficient (Wildman–Crippen LogP) is 0.886. The van der Waals surface area contributed by atoms with Crippen molar-refractivity contribution in [2.45, 2.75) is 18.9 Å². The Morgan fingerprint density at radius 2 is 2.04 bits per heavy atom. The Labute approximate surface area is 144 Å². The normalized spacial score (nSPS) is 11.8. The van der Waals surface area contributed by atoms with E-state index >= 15 is 0 Å².